The Balaban J connectivity index is 1.22. The maximum absolute atomic E-state index is 9.70. The molecule has 8 nitrogen and oxygen atoms in total. The summed E-state index contributed by atoms with van der Waals surface area (Å²) in [6, 6.07) is 17.9. The summed E-state index contributed by atoms with van der Waals surface area (Å²) in [5.41, 5.74) is 4.10. The molecule has 0 radical (unpaired) electrons. The van der Waals surface area contributed by atoms with E-state index in [1.165, 1.54) is 0 Å². The molecular weight excluding hydrogens is 466 g/mol. The molecule has 1 aromatic heterocycles. The second-order valence-corrected chi connectivity index (χ2v) is 9.08. The third-order valence-electron chi connectivity index (χ3n) is 6.46. The summed E-state index contributed by atoms with van der Waals surface area (Å²) in [6.45, 7) is 5.91. The summed E-state index contributed by atoms with van der Waals surface area (Å²) in [4.78, 5) is 11.4. The highest BCUT2D eigenvalue weighted by molar-refractivity contribution is 5.66. The van der Waals surface area contributed by atoms with Crippen molar-refractivity contribution in [2.75, 3.05) is 51.4 Å². The van der Waals surface area contributed by atoms with Gasteiger partial charge in [0.25, 0.3) is 0 Å². The molecule has 0 amide bonds. The highest BCUT2D eigenvalue weighted by Gasteiger charge is 2.17. The zero-order chi connectivity index (χ0) is 25.3. The van der Waals surface area contributed by atoms with Crippen LogP contribution in [0.25, 0.3) is 17.3 Å². The monoisotopic (exact) mass is 497 g/mol. The van der Waals surface area contributed by atoms with E-state index >= 15 is 0 Å². The van der Waals surface area contributed by atoms with E-state index in [1.807, 2.05) is 36.4 Å². The number of nitrogens with zero attached hydrogens (tertiary/aromatic N) is 4. The van der Waals surface area contributed by atoms with Crippen LogP contribution in [0.5, 0.6) is 5.75 Å². The first-order valence-corrected chi connectivity index (χ1v) is 12.7. The van der Waals surface area contributed by atoms with Gasteiger partial charge in [0.05, 0.1) is 37.7 Å². The predicted molar refractivity (Wildman–Crippen MR) is 143 cm³/mol. The van der Waals surface area contributed by atoms with Gasteiger partial charge in [-0.25, -0.2) is 9.97 Å². The molecule has 190 valence electrons. The molecule has 0 bridgehead atoms. The van der Waals surface area contributed by atoms with Gasteiger partial charge >= 0.3 is 0 Å². The molecule has 0 spiro atoms. The van der Waals surface area contributed by atoms with E-state index in [9.17, 15) is 5.26 Å². The van der Waals surface area contributed by atoms with Crippen LogP contribution in [0.15, 0.2) is 60.8 Å². The SMILES string of the molecule is N#Cc1cc(-c2ccnc(Nc3ccc(/C=C/CN4CCOCC4)cc3)n2)ccc1OC1CCOCC1. The summed E-state index contributed by atoms with van der Waals surface area (Å²) in [5.74, 6) is 1.10. The molecule has 37 heavy (non-hydrogen) atoms. The average Bonchev–Trinajstić information content (AvgIpc) is 2.95. The van der Waals surface area contributed by atoms with Gasteiger partial charge in [-0.05, 0) is 42.0 Å². The number of morpholine rings is 1. The molecular formula is C29H31N5O3. The standard InChI is InChI=1S/C29H31N5O3/c30-21-24-20-23(5-8-28(24)37-26-10-16-35-17-11-26)27-9-12-31-29(33-27)32-25-6-3-22(4-7-25)2-1-13-34-14-18-36-19-15-34/h1-9,12,20,26H,10-11,13-19H2,(H,31,32,33)/b2-1+. The lowest BCUT2D eigenvalue weighted by Crippen LogP contribution is -2.36. The van der Waals surface area contributed by atoms with Crippen LogP contribution in [-0.2, 0) is 9.47 Å². The zero-order valence-electron chi connectivity index (χ0n) is 20.8. The first-order valence-electron chi connectivity index (χ1n) is 12.7. The van der Waals surface area contributed by atoms with Crippen LogP contribution in [0.3, 0.4) is 0 Å². The normalized spacial score (nSPS) is 16.9. The Labute approximate surface area is 217 Å². The van der Waals surface area contributed by atoms with Gasteiger partial charge in [-0.1, -0.05) is 24.3 Å². The summed E-state index contributed by atoms with van der Waals surface area (Å²) >= 11 is 0. The molecule has 2 aliphatic heterocycles. The van der Waals surface area contributed by atoms with E-state index in [0.29, 0.717) is 30.5 Å². The minimum absolute atomic E-state index is 0.0770. The smallest absolute Gasteiger partial charge is 0.227 e. The number of anilines is 2. The van der Waals surface area contributed by atoms with Crippen molar-refractivity contribution in [3.05, 3.63) is 71.9 Å². The predicted octanol–water partition coefficient (Wildman–Crippen LogP) is 4.66. The Hall–Kier alpha value is -3.77. The highest BCUT2D eigenvalue weighted by Crippen LogP contribution is 2.28. The number of nitriles is 1. The summed E-state index contributed by atoms with van der Waals surface area (Å²) < 4.78 is 16.9. The Morgan fingerprint density at radius 2 is 1.81 bits per heavy atom. The second kappa shape index (κ2) is 12.5. The largest absolute Gasteiger partial charge is 0.489 e. The molecule has 0 aliphatic carbocycles. The van der Waals surface area contributed by atoms with E-state index < -0.39 is 0 Å². The van der Waals surface area contributed by atoms with Crippen molar-refractivity contribution in [3.8, 4) is 23.1 Å². The lowest BCUT2D eigenvalue weighted by molar-refractivity contribution is 0.0254. The van der Waals surface area contributed by atoms with E-state index in [2.05, 4.69) is 50.5 Å². The Morgan fingerprint density at radius 1 is 1.03 bits per heavy atom. The lowest BCUT2D eigenvalue weighted by atomic mass is 10.1. The molecule has 1 N–H and O–H groups in total. The lowest BCUT2D eigenvalue weighted by Gasteiger charge is -2.25. The summed E-state index contributed by atoms with van der Waals surface area (Å²) in [5, 5.41) is 13.0. The average molecular weight is 498 g/mol. The molecule has 2 fully saturated rings. The van der Waals surface area contributed by atoms with E-state index in [1.54, 1.807) is 6.20 Å². The van der Waals surface area contributed by atoms with Crippen molar-refractivity contribution in [3.63, 3.8) is 0 Å². The van der Waals surface area contributed by atoms with Crippen LogP contribution in [0.4, 0.5) is 11.6 Å². The van der Waals surface area contributed by atoms with Gasteiger partial charge in [0.1, 0.15) is 17.9 Å². The topological polar surface area (TPSA) is 92.5 Å². The van der Waals surface area contributed by atoms with Gasteiger partial charge in [0.15, 0.2) is 0 Å². The van der Waals surface area contributed by atoms with E-state index in [-0.39, 0.29) is 6.10 Å². The fourth-order valence-electron chi connectivity index (χ4n) is 4.36. The number of ether oxygens (including phenoxy) is 3. The van der Waals surface area contributed by atoms with Crippen LogP contribution < -0.4 is 10.1 Å². The van der Waals surface area contributed by atoms with Gasteiger partial charge in [-0.2, -0.15) is 5.26 Å². The Bertz CT molecular complexity index is 1240. The number of rotatable bonds is 8. The van der Waals surface area contributed by atoms with Crippen molar-refractivity contribution >= 4 is 17.7 Å². The minimum Gasteiger partial charge on any atom is -0.489 e. The van der Waals surface area contributed by atoms with Gasteiger partial charge in [-0.15, -0.1) is 0 Å². The van der Waals surface area contributed by atoms with Gasteiger partial charge in [0, 0.05) is 49.9 Å². The molecule has 2 saturated heterocycles. The van der Waals surface area contributed by atoms with Gasteiger partial charge < -0.3 is 19.5 Å². The molecule has 0 unspecified atom stereocenters. The first kappa shape index (κ1) is 24.9. The van der Waals surface area contributed by atoms with Crippen LogP contribution >= 0.6 is 0 Å². The summed E-state index contributed by atoms with van der Waals surface area (Å²) in [7, 11) is 0. The van der Waals surface area contributed by atoms with Crippen molar-refractivity contribution in [1.82, 2.24) is 14.9 Å². The number of hydrogen-bond acceptors (Lipinski definition) is 8. The van der Waals surface area contributed by atoms with Crippen LogP contribution in [0.2, 0.25) is 0 Å². The fourth-order valence-corrected chi connectivity index (χ4v) is 4.36. The molecule has 0 saturated carbocycles. The minimum atomic E-state index is 0.0770. The third-order valence-corrected chi connectivity index (χ3v) is 6.46. The number of benzene rings is 2. The molecule has 3 aromatic rings. The maximum atomic E-state index is 9.70. The second-order valence-electron chi connectivity index (χ2n) is 9.08. The van der Waals surface area contributed by atoms with E-state index in [0.717, 1.165) is 68.2 Å². The number of nitrogens with one attached hydrogen (secondary N) is 1. The fraction of sp³-hybridized carbons (Fsp3) is 0.345. The van der Waals surface area contributed by atoms with Crippen molar-refractivity contribution < 1.29 is 14.2 Å². The first-order chi connectivity index (χ1) is 18.3. The molecule has 2 aromatic carbocycles. The molecule has 8 heteroatoms. The van der Waals surface area contributed by atoms with Crippen LogP contribution in [0.1, 0.15) is 24.0 Å². The third kappa shape index (κ3) is 6.92. The molecule has 5 rings (SSSR count). The quantitative estimate of drug-likeness (QED) is 0.480. The van der Waals surface area contributed by atoms with Crippen LogP contribution in [0, 0.1) is 11.3 Å². The Morgan fingerprint density at radius 3 is 2.59 bits per heavy atom. The van der Waals surface area contributed by atoms with Crippen molar-refractivity contribution in [2.24, 2.45) is 0 Å². The van der Waals surface area contributed by atoms with Gasteiger partial charge in [-0.3, -0.25) is 4.90 Å². The van der Waals surface area contributed by atoms with Crippen molar-refractivity contribution in [2.45, 2.75) is 18.9 Å². The number of aromatic nitrogens is 2. The highest BCUT2D eigenvalue weighted by atomic mass is 16.5. The number of hydrogen-bond donors (Lipinski definition) is 1. The van der Waals surface area contributed by atoms with Crippen molar-refractivity contribution in [1.29, 1.82) is 5.26 Å². The zero-order valence-corrected chi connectivity index (χ0v) is 20.8. The van der Waals surface area contributed by atoms with Gasteiger partial charge in [0.2, 0.25) is 5.95 Å². The molecule has 3 heterocycles. The summed E-state index contributed by atoms with van der Waals surface area (Å²) in [6.07, 6.45) is 7.78. The molecule has 0 atom stereocenters. The van der Waals surface area contributed by atoms with E-state index in [4.69, 9.17) is 14.2 Å². The van der Waals surface area contributed by atoms with Crippen LogP contribution in [-0.4, -0.2) is 67.0 Å². The molecule has 2 aliphatic rings. The maximum Gasteiger partial charge on any atom is 0.227 e. The Kier molecular flexibility index (Phi) is 8.39.